The van der Waals surface area contributed by atoms with Crippen molar-refractivity contribution in [1.29, 1.82) is 0 Å². The lowest BCUT2D eigenvalue weighted by Crippen LogP contribution is -2.24. The minimum Gasteiger partial charge on any atom is -0.233 e. The highest BCUT2D eigenvalue weighted by Gasteiger charge is 2.43. The fourth-order valence-corrected chi connectivity index (χ4v) is 8.53. The van der Waals surface area contributed by atoms with Crippen LogP contribution in [-0.4, -0.2) is 11.5 Å². The van der Waals surface area contributed by atoms with Crippen molar-refractivity contribution in [1.82, 2.24) is 0 Å². The Morgan fingerprint density at radius 2 is 1.41 bits per heavy atom. The van der Waals surface area contributed by atoms with E-state index in [0.717, 1.165) is 65.6 Å². The van der Waals surface area contributed by atoms with Crippen molar-refractivity contribution in [3.8, 4) is 11.1 Å². The van der Waals surface area contributed by atoms with E-state index in [0.29, 0.717) is 11.5 Å². The first kappa shape index (κ1) is 40.4. The summed E-state index contributed by atoms with van der Waals surface area (Å²) in [5.74, 6) is 0.588. The summed E-state index contributed by atoms with van der Waals surface area (Å²) in [6.45, 7) is 32.0. The van der Waals surface area contributed by atoms with Crippen molar-refractivity contribution in [2.24, 2.45) is 9.98 Å². The Morgan fingerprint density at radius 3 is 2.06 bits per heavy atom. The van der Waals surface area contributed by atoms with Crippen molar-refractivity contribution in [2.45, 2.75) is 118 Å². The predicted molar refractivity (Wildman–Crippen MR) is 238 cm³/mol. The average molecular weight is 715 g/mol. The van der Waals surface area contributed by atoms with Crippen LogP contribution < -0.4 is 0 Å². The van der Waals surface area contributed by atoms with Gasteiger partial charge in [-0.3, -0.25) is 0 Å². The second kappa shape index (κ2) is 16.7. The van der Waals surface area contributed by atoms with Crippen LogP contribution in [0.1, 0.15) is 134 Å². The van der Waals surface area contributed by atoms with Gasteiger partial charge >= 0.3 is 0 Å². The average Bonchev–Trinajstić information content (AvgIpc) is 3.36. The number of allylic oxidation sites excluding steroid dienone is 3. The number of hydrogen-bond acceptors (Lipinski definition) is 1. The van der Waals surface area contributed by atoms with E-state index in [1.807, 2.05) is 12.1 Å². The molecule has 0 aliphatic heterocycles. The summed E-state index contributed by atoms with van der Waals surface area (Å²) in [7, 11) is 0. The van der Waals surface area contributed by atoms with E-state index in [1.165, 1.54) is 33.4 Å². The Hall–Kier alpha value is -4.82. The highest BCUT2D eigenvalue weighted by atomic mass is 14.9. The molecule has 1 aliphatic carbocycles. The summed E-state index contributed by atoms with van der Waals surface area (Å²) in [4.78, 5) is 10.4. The maximum Gasteiger partial charge on any atom is 0.159 e. The van der Waals surface area contributed by atoms with Gasteiger partial charge in [0, 0.05) is 16.8 Å². The number of aliphatic imine (C=N–C) groups is 2. The molecule has 2 heteroatoms. The van der Waals surface area contributed by atoms with Crippen LogP contribution in [-0.2, 0) is 22.7 Å². The topological polar surface area (TPSA) is 24.7 Å². The number of fused-ring (bicyclic) bond motifs is 1. The molecule has 0 heterocycles. The van der Waals surface area contributed by atoms with E-state index >= 15 is 0 Å². The first-order valence-corrected chi connectivity index (χ1v) is 20.0. The molecule has 1 aliphatic rings. The van der Waals surface area contributed by atoms with Gasteiger partial charge in [0.1, 0.15) is 0 Å². The summed E-state index contributed by atoms with van der Waals surface area (Å²) >= 11 is 0. The molecule has 1 atom stereocenters. The third-order valence-electron chi connectivity index (χ3n) is 11.7. The van der Waals surface area contributed by atoms with E-state index in [-0.39, 0.29) is 16.2 Å². The Morgan fingerprint density at radius 1 is 0.759 bits per heavy atom. The van der Waals surface area contributed by atoms with Gasteiger partial charge in [-0.2, -0.15) is 0 Å². The highest BCUT2D eigenvalue weighted by Crippen LogP contribution is 2.52. The molecule has 5 rings (SSSR count). The number of hydrogen-bond donors (Lipinski definition) is 0. The molecule has 2 nitrogen and oxygen atoms in total. The van der Waals surface area contributed by atoms with Crippen LogP contribution in [0.4, 0.5) is 0 Å². The van der Waals surface area contributed by atoms with Crippen LogP contribution in [0.5, 0.6) is 0 Å². The highest BCUT2D eigenvalue weighted by molar-refractivity contribution is 6.13. The molecule has 0 spiro atoms. The molecule has 0 fully saturated rings. The molecule has 54 heavy (non-hydrogen) atoms. The van der Waals surface area contributed by atoms with Crippen molar-refractivity contribution in [3.05, 3.63) is 167 Å². The number of nitrogens with zero attached hydrogens (tertiary/aromatic N) is 2. The van der Waals surface area contributed by atoms with E-state index in [2.05, 4.69) is 179 Å². The predicted octanol–water partition coefficient (Wildman–Crippen LogP) is 14.4. The van der Waals surface area contributed by atoms with Gasteiger partial charge in [-0.15, -0.1) is 0 Å². The van der Waals surface area contributed by atoms with Crippen LogP contribution in [0.15, 0.2) is 138 Å². The Balaban J connectivity index is 1.66. The normalized spacial score (nSPS) is 16.9. The van der Waals surface area contributed by atoms with E-state index < -0.39 is 0 Å². The van der Waals surface area contributed by atoms with Gasteiger partial charge in [0.15, 0.2) is 5.84 Å². The van der Waals surface area contributed by atoms with E-state index in [4.69, 9.17) is 9.98 Å². The number of rotatable bonds is 13. The summed E-state index contributed by atoms with van der Waals surface area (Å²) in [6.07, 6.45) is 11.8. The van der Waals surface area contributed by atoms with Gasteiger partial charge in [0.2, 0.25) is 0 Å². The van der Waals surface area contributed by atoms with Gasteiger partial charge in [-0.1, -0.05) is 172 Å². The minimum absolute atomic E-state index is 0.0785. The van der Waals surface area contributed by atoms with Crippen LogP contribution in [0.3, 0.4) is 0 Å². The lowest BCUT2D eigenvalue weighted by atomic mass is 9.71. The molecule has 0 amide bonds. The van der Waals surface area contributed by atoms with Gasteiger partial charge in [-0.05, 0) is 118 Å². The summed E-state index contributed by atoms with van der Waals surface area (Å²) in [5, 5.41) is 0. The van der Waals surface area contributed by atoms with Crippen molar-refractivity contribution >= 4 is 22.8 Å². The molecular weight excluding hydrogens is 653 g/mol. The zero-order valence-electron chi connectivity index (χ0n) is 34.7. The number of aryl methyl sites for hydroxylation is 1. The molecule has 0 N–H and O–H groups in total. The van der Waals surface area contributed by atoms with Crippen LogP contribution in [0.25, 0.3) is 22.4 Å². The van der Waals surface area contributed by atoms with Crippen molar-refractivity contribution < 1.29 is 0 Å². The zero-order chi connectivity index (χ0) is 39.3. The second-order valence-electron chi connectivity index (χ2n) is 16.8. The van der Waals surface area contributed by atoms with Gasteiger partial charge in [0.25, 0.3) is 0 Å². The standard InChI is InChI=1S/C52H62N2/c1-13-30-52(12,16-4)46-34-48-47(50(8,9)35-51(48,10)11)33-45(46)36(5)28-29-40(15-3)49(53-37(6)42-25-20-22-39(14-2)31-42)54-38(7)43-26-21-27-44(32-43)41-23-18-17-19-24-41/h15,17-29,31-34H,3,7,13-14,16,30,35H2,1-2,4-6,8-12H3/b36-28+,40-29+,53-37+,54-49-. The molecular formula is C52H62N2. The van der Waals surface area contributed by atoms with Crippen molar-refractivity contribution in [3.63, 3.8) is 0 Å². The zero-order valence-corrected chi connectivity index (χ0v) is 34.7. The SMILES string of the molecule is C=CC(=C\C=C(/C)c1cc2c(cc1C(C)(CC)CCC)C(C)(C)CC2(C)C)/C(=N/C(=C)c1cccc(-c2ccccc2)c1)/N=C(\C)c1cccc(CC)c1. The first-order valence-electron chi connectivity index (χ1n) is 20.0. The molecule has 0 saturated carbocycles. The number of amidine groups is 1. The molecule has 4 aromatic rings. The summed E-state index contributed by atoms with van der Waals surface area (Å²) < 4.78 is 0. The van der Waals surface area contributed by atoms with Gasteiger partial charge in [-0.25, -0.2) is 9.98 Å². The third kappa shape index (κ3) is 8.76. The number of benzene rings is 4. The third-order valence-corrected chi connectivity index (χ3v) is 11.7. The van der Waals surface area contributed by atoms with Crippen molar-refractivity contribution in [2.75, 3.05) is 0 Å². The molecule has 0 radical (unpaired) electrons. The van der Waals surface area contributed by atoms with Gasteiger partial charge < -0.3 is 0 Å². The molecule has 0 aromatic heterocycles. The van der Waals surface area contributed by atoms with E-state index in [1.54, 1.807) is 0 Å². The lowest BCUT2D eigenvalue weighted by Gasteiger charge is -2.33. The quantitative estimate of drug-likeness (QED) is 0.0748. The maximum atomic E-state index is 5.20. The molecule has 280 valence electrons. The molecule has 0 bridgehead atoms. The second-order valence-corrected chi connectivity index (χ2v) is 16.8. The Bertz CT molecular complexity index is 2130. The first-order chi connectivity index (χ1) is 25.7. The lowest BCUT2D eigenvalue weighted by molar-refractivity contribution is 0.401. The van der Waals surface area contributed by atoms with Crippen LogP contribution in [0.2, 0.25) is 0 Å². The fraction of sp³-hybridized carbons (Fsp3) is 0.346. The maximum absolute atomic E-state index is 5.20. The monoisotopic (exact) mass is 714 g/mol. The molecule has 0 saturated heterocycles. The van der Waals surface area contributed by atoms with Gasteiger partial charge in [0.05, 0.1) is 5.70 Å². The molecule has 4 aromatic carbocycles. The smallest absolute Gasteiger partial charge is 0.159 e. The van der Waals surface area contributed by atoms with Crippen LogP contribution in [0, 0.1) is 0 Å². The Labute approximate surface area is 327 Å². The van der Waals surface area contributed by atoms with Crippen LogP contribution >= 0.6 is 0 Å². The Kier molecular flexibility index (Phi) is 12.5. The fourth-order valence-electron chi connectivity index (χ4n) is 8.53. The summed E-state index contributed by atoms with van der Waals surface area (Å²) in [6, 6.07) is 32.5. The largest absolute Gasteiger partial charge is 0.233 e. The summed E-state index contributed by atoms with van der Waals surface area (Å²) in [5.41, 5.74) is 15.3. The minimum atomic E-state index is 0.0785. The van der Waals surface area contributed by atoms with E-state index in [9.17, 15) is 0 Å². The molecule has 1 unspecified atom stereocenters.